The molecule has 0 bridgehead atoms. The van der Waals surface area contributed by atoms with Gasteiger partial charge in [0.25, 0.3) is 5.91 Å². The summed E-state index contributed by atoms with van der Waals surface area (Å²) >= 11 is 0. The molecule has 0 saturated carbocycles. The Morgan fingerprint density at radius 3 is 2.39 bits per heavy atom. The molecule has 1 atom stereocenters. The van der Waals surface area contributed by atoms with Crippen molar-refractivity contribution in [3.8, 4) is 0 Å². The number of hydrogen-bond acceptors (Lipinski definition) is 3. The zero-order valence-electron chi connectivity index (χ0n) is 13.6. The number of benzene rings is 1. The summed E-state index contributed by atoms with van der Waals surface area (Å²) in [6, 6.07) is 7.31. The number of para-hydroxylation sites is 1. The van der Waals surface area contributed by atoms with Gasteiger partial charge in [0.1, 0.15) is 5.54 Å². The van der Waals surface area contributed by atoms with E-state index < -0.39 is 5.54 Å². The van der Waals surface area contributed by atoms with Crippen LogP contribution in [0.4, 0.5) is 0 Å². The fourth-order valence-corrected chi connectivity index (χ4v) is 3.45. The molecule has 3 rings (SSSR count). The summed E-state index contributed by atoms with van der Waals surface area (Å²) < 4.78 is 1.56. The van der Waals surface area contributed by atoms with Crippen molar-refractivity contribution in [2.75, 3.05) is 0 Å². The second-order valence-electron chi connectivity index (χ2n) is 6.02. The van der Waals surface area contributed by atoms with Gasteiger partial charge < -0.3 is 0 Å². The van der Waals surface area contributed by atoms with Crippen molar-refractivity contribution in [3.05, 3.63) is 35.5 Å². The Morgan fingerprint density at radius 2 is 1.83 bits per heavy atom. The van der Waals surface area contributed by atoms with Crippen LogP contribution >= 0.6 is 0 Å². The minimum atomic E-state index is -0.792. The van der Waals surface area contributed by atoms with Gasteiger partial charge in [-0.25, -0.2) is 5.01 Å². The third-order valence-electron chi connectivity index (χ3n) is 4.64. The van der Waals surface area contributed by atoms with Gasteiger partial charge in [-0.3, -0.25) is 24.4 Å². The molecule has 1 aromatic carbocycles. The smallest absolute Gasteiger partial charge is 0.272 e. The van der Waals surface area contributed by atoms with Crippen LogP contribution in [0.25, 0.3) is 10.9 Å². The number of carbonyl (C=O) groups is 3. The predicted molar refractivity (Wildman–Crippen MR) is 85.9 cm³/mol. The third-order valence-corrected chi connectivity index (χ3v) is 4.64. The number of hydrogen-bond donors (Lipinski definition) is 1. The molecule has 1 aliphatic heterocycles. The maximum atomic E-state index is 12.6. The number of amides is 2. The second kappa shape index (κ2) is 4.94. The van der Waals surface area contributed by atoms with Crippen molar-refractivity contribution in [1.29, 1.82) is 0 Å². The summed E-state index contributed by atoms with van der Waals surface area (Å²) in [4.78, 5) is 37.0. The lowest BCUT2D eigenvalue weighted by molar-refractivity contribution is -0.140. The van der Waals surface area contributed by atoms with Gasteiger partial charge >= 0.3 is 0 Å². The van der Waals surface area contributed by atoms with Gasteiger partial charge in [-0.2, -0.15) is 0 Å². The molecule has 23 heavy (non-hydrogen) atoms. The molecule has 2 heterocycles. The number of rotatable bonds is 1. The maximum absolute atomic E-state index is 12.6. The molecule has 1 unspecified atom stereocenters. The van der Waals surface area contributed by atoms with E-state index in [9.17, 15) is 14.4 Å². The highest BCUT2D eigenvalue weighted by Gasteiger charge is 2.46. The Balaban J connectivity index is 2.49. The number of fused-ring (bicyclic) bond motifs is 3. The van der Waals surface area contributed by atoms with Crippen LogP contribution in [0.1, 0.15) is 55.0 Å². The minimum Gasteiger partial charge on any atom is -0.281 e. The van der Waals surface area contributed by atoms with Gasteiger partial charge in [-0.05, 0) is 19.4 Å². The lowest BCUT2D eigenvalue weighted by Gasteiger charge is -2.44. The zero-order valence-corrected chi connectivity index (χ0v) is 13.6. The summed E-state index contributed by atoms with van der Waals surface area (Å²) in [5, 5.41) is 2.05. The molecule has 0 saturated heterocycles. The summed E-state index contributed by atoms with van der Waals surface area (Å²) in [5.41, 5.74) is 3.62. The minimum absolute atomic E-state index is 0.180. The zero-order chi connectivity index (χ0) is 16.9. The second-order valence-corrected chi connectivity index (χ2v) is 6.02. The van der Waals surface area contributed by atoms with Gasteiger partial charge in [-0.1, -0.05) is 25.1 Å². The van der Waals surface area contributed by atoms with Crippen LogP contribution in [0.2, 0.25) is 0 Å². The average Bonchev–Trinajstić information content (AvgIpc) is 2.87. The number of carbonyl (C=O) groups excluding carboxylic acids is 3. The fraction of sp³-hybridized carbons (Fsp3) is 0.353. The fourth-order valence-electron chi connectivity index (χ4n) is 3.45. The Kier molecular flexibility index (Phi) is 3.28. The van der Waals surface area contributed by atoms with E-state index >= 15 is 0 Å². The van der Waals surface area contributed by atoms with Gasteiger partial charge in [0.2, 0.25) is 11.8 Å². The number of aromatic nitrogens is 1. The highest BCUT2D eigenvalue weighted by Crippen LogP contribution is 2.41. The predicted octanol–water partition coefficient (Wildman–Crippen LogP) is 2.43. The molecule has 0 fully saturated rings. The van der Waals surface area contributed by atoms with Crippen molar-refractivity contribution >= 4 is 28.6 Å². The lowest BCUT2D eigenvalue weighted by atomic mass is 9.87. The molecule has 0 aliphatic carbocycles. The maximum Gasteiger partial charge on any atom is 0.272 e. The van der Waals surface area contributed by atoms with E-state index in [-0.39, 0.29) is 17.7 Å². The highest BCUT2D eigenvalue weighted by molar-refractivity contribution is 6.12. The molecule has 2 amide bonds. The van der Waals surface area contributed by atoms with E-state index in [0.29, 0.717) is 23.2 Å². The van der Waals surface area contributed by atoms with Gasteiger partial charge in [-0.15, -0.1) is 0 Å². The first-order chi connectivity index (χ1) is 10.8. The van der Waals surface area contributed by atoms with Crippen LogP contribution < -0.4 is 5.43 Å². The Labute approximate surface area is 134 Å². The monoisotopic (exact) mass is 313 g/mol. The lowest BCUT2D eigenvalue weighted by Crippen LogP contribution is -2.60. The molecule has 1 aliphatic rings. The van der Waals surface area contributed by atoms with Crippen LogP contribution in [0.3, 0.4) is 0 Å². The van der Waals surface area contributed by atoms with Crippen LogP contribution in [0, 0.1) is 0 Å². The molecular formula is C17H19N3O3. The normalized spacial score (nSPS) is 20.3. The Hall–Kier alpha value is -2.63. The molecule has 120 valence electrons. The molecule has 1 aromatic heterocycles. The first-order valence-electron chi connectivity index (χ1n) is 7.59. The van der Waals surface area contributed by atoms with Crippen molar-refractivity contribution < 1.29 is 14.4 Å². The average molecular weight is 313 g/mol. The van der Waals surface area contributed by atoms with Gasteiger partial charge in [0, 0.05) is 19.2 Å². The number of hydrazine groups is 1. The molecule has 6 heteroatoms. The first-order valence-corrected chi connectivity index (χ1v) is 7.59. The van der Waals surface area contributed by atoms with Crippen molar-refractivity contribution in [2.45, 2.75) is 39.7 Å². The van der Waals surface area contributed by atoms with Crippen LogP contribution in [0.15, 0.2) is 24.3 Å². The quantitative estimate of drug-likeness (QED) is 0.879. The van der Waals surface area contributed by atoms with Crippen LogP contribution in [-0.2, 0) is 10.3 Å². The number of nitrogens with one attached hydrogen (secondary N) is 1. The van der Waals surface area contributed by atoms with Crippen molar-refractivity contribution in [3.63, 3.8) is 0 Å². The topological polar surface area (TPSA) is 71.4 Å². The largest absolute Gasteiger partial charge is 0.281 e. The summed E-state index contributed by atoms with van der Waals surface area (Å²) in [6.07, 6.45) is 0.559. The van der Waals surface area contributed by atoms with E-state index in [2.05, 4.69) is 5.43 Å². The number of nitrogens with zero attached hydrogens (tertiary/aromatic N) is 2. The third kappa shape index (κ3) is 1.91. The van der Waals surface area contributed by atoms with E-state index in [0.717, 1.165) is 5.39 Å². The summed E-state index contributed by atoms with van der Waals surface area (Å²) in [6.45, 7) is 6.66. The van der Waals surface area contributed by atoms with E-state index in [1.165, 1.54) is 18.9 Å². The standard InChI is InChI=1S/C17H19N3O3/c1-5-17(4)15-14(16(23)18-20(17)11(3)22)12-8-6-7-9-13(12)19(15)10(2)21/h6-9H,5H2,1-4H3,(H,18,23). The van der Waals surface area contributed by atoms with E-state index in [1.54, 1.807) is 4.57 Å². The van der Waals surface area contributed by atoms with Crippen molar-refractivity contribution in [1.82, 2.24) is 15.0 Å². The SMILES string of the molecule is CCC1(C)c2c(c3ccccc3n2C(C)=O)C(=O)NN1C(C)=O. The molecule has 0 spiro atoms. The van der Waals surface area contributed by atoms with Crippen molar-refractivity contribution in [2.24, 2.45) is 0 Å². The van der Waals surface area contributed by atoms with Gasteiger partial charge in [0.05, 0.1) is 16.8 Å². The first kappa shape index (κ1) is 15.3. The molecule has 2 aromatic rings. The Bertz CT molecular complexity index is 819. The molecule has 1 N–H and O–H groups in total. The van der Waals surface area contributed by atoms with E-state index in [4.69, 9.17) is 0 Å². The van der Waals surface area contributed by atoms with E-state index in [1.807, 2.05) is 38.1 Å². The van der Waals surface area contributed by atoms with Gasteiger partial charge in [0.15, 0.2) is 0 Å². The molecule has 6 nitrogen and oxygen atoms in total. The highest BCUT2D eigenvalue weighted by atomic mass is 16.2. The Morgan fingerprint density at radius 1 is 1.17 bits per heavy atom. The molecule has 0 radical (unpaired) electrons. The summed E-state index contributed by atoms with van der Waals surface area (Å²) in [5.74, 6) is -0.814. The summed E-state index contributed by atoms with van der Waals surface area (Å²) in [7, 11) is 0. The van der Waals surface area contributed by atoms with Crippen LogP contribution in [-0.4, -0.2) is 27.3 Å². The molecular weight excluding hydrogens is 294 g/mol. The van der Waals surface area contributed by atoms with Crippen LogP contribution in [0.5, 0.6) is 0 Å².